The van der Waals surface area contributed by atoms with Crippen molar-refractivity contribution < 1.29 is 0 Å². The molecule has 0 spiro atoms. The van der Waals surface area contributed by atoms with E-state index >= 15 is 0 Å². The number of benzene rings is 1. The monoisotopic (exact) mass is 162 g/mol. The van der Waals surface area contributed by atoms with Crippen LogP contribution in [0, 0.1) is 6.92 Å². The fourth-order valence-electron chi connectivity index (χ4n) is 1.89. The Hall–Kier alpha value is -0.860. The van der Waals surface area contributed by atoms with E-state index in [9.17, 15) is 0 Å². The molecule has 2 rings (SSSR count). The van der Waals surface area contributed by atoms with Gasteiger partial charge in [-0.25, -0.2) is 0 Å². The molecule has 1 aromatic rings. The minimum Gasteiger partial charge on any atom is -0.271 e. The van der Waals surface area contributed by atoms with Gasteiger partial charge in [0.05, 0.1) is 0 Å². The first-order chi connectivity index (χ1) is 5.81. The molecule has 1 aliphatic rings. The van der Waals surface area contributed by atoms with Crippen LogP contribution in [0.1, 0.15) is 29.2 Å². The Morgan fingerprint density at radius 2 is 2.33 bits per heavy atom. The molecule has 12 heavy (non-hydrogen) atoms. The number of nitrogens with one attached hydrogen (secondary N) is 1. The molecule has 0 saturated heterocycles. The second kappa shape index (κ2) is 2.88. The van der Waals surface area contributed by atoms with Gasteiger partial charge in [-0.15, -0.1) is 0 Å². The Morgan fingerprint density at radius 3 is 3.08 bits per heavy atom. The summed E-state index contributed by atoms with van der Waals surface area (Å²) in [5.41, 5.74) is 7.00. The lowest BCUT2D eigenvalue weighted by molar-refractivity contribution is 0.551. The van der Waals surface area contributed by atoms with Crippen LogP contribution in [0.5, 0.6) is 0 Å². The van der Waals surface area contributed by atoms with Gasteiger partial charge in [0.2, 0.25) is 0 Å². The molecule has 2 heteroatoms. The number of rotatable bonds is 1. The molecule has 1 atom stereocenters. The molecule has 1 aliphatic carbocycles. The van der Waals surface area contributed by atoms with Crippen molar-refractivity contribution in [2.24, 2.45) is 5.84 Å². The molecule has 0 saturated carbocycles. The van der Waals surface area contributed by atoms with Gasteiger partial charge in [-0.05, 0) is 30.9 Å². The van der Waals surface area contributed by atoms with Gasteiger partial charge >= 0.3 is 0 Å². The molecule has 0 aromatic heterocycles. The first-order valence-corrected chi connectivity index (χ1v) is 4.37. The first-order valence-electron chi connectivity index (χ1n) is 4.37. The smallest absolute Gasteiger partial charge is 0.0466 e. The maximum atomic E-state index is 5.45. The third-order valence-electron chi connectivity index (χ3n) is 2.58. The number of aryl methyl sites for hydroxylation is 2. The van der Waals surface area contributed by atoms with E-state index in [-0.39, 0.29) is 0 Å². The summed E-state index contributed by atoms with van der Waals surface area (Å²) >= 11 is 0. The third-order valence-corrected chi connectivity index (χ3v) is 2.58. The average molecular weight is 162 g/mol. The number of nitrogens with two attached hydrogens (primary N) is 1. The van der Waals surface area contributed by atoms with Crippen molar-refractivity contribution in [3.8, 4) is 0 Å². The predicted molar refractivity (Wildman–Crippen MR) is 49.6 cm³/mol. The van der Waals surface area contributed by atoms with E-state index in [1.165, 1.54) is 16.7 Å². The SMILES string of the molecule is Cc1ccc2c(c1)C(NN)CC2. The highest BCUT2D eigenvalue weighted by atomic mass is 15.2. The maximum absolute atomic E-state index is 5.45. The summed E-state index contributed by atoms with van der Waals surface area (Å²) in [6.07, 6.45) is 2.29. The highest BCUT2D eigenvalue weighted by molar-refractivity contribution is 5.37. The molecule has 1 aromatic carbocycles. The zero-order valence-electron chi connectivity index (χ0n) is 7.30. The molecular formula is C10H14N2. The summed E-state index contributed by atoms with van der Waals surface area (Å²) in [5.74, 6) is 5.45. The summed E-state index contributed by atoms with van der Waals surface area (Å²) in [6, 6.07) is 6.98. The van der Waals surface area contributed by atoms with Crippen molar-refractivity contribution in [1.82, 2.24) is 5.43 Å². The zero-order valence-corrected chi connectivity index (χ0v) is 7.30. The largest absolute Gasteiger partial charge is 0.271 e. The van der Waals surface area contributed by atoms with E-state index in [1.54, 1.807) is 0 Å². The van der Waals surface area contributed by atoms with E-state index in [4.69, 9.17) is 5.84 Å². The minimum absolute atomic E-state index is 0.375. The molecule has 0 heterocycles. The van der Waals surface area contributed by atoms with Crippen LogP contribution < -0.4 is 11.3 Å². The van der Waals surface area contributed by atoms with Crippen LogP contribution in [-0.2, 0) is 6.42 Å². The molecule has 0 amide bonds. The molecule has 1 unspecified atom stereocenters. The fraction of sp³-hybridized carbons (Fsp3) is 0.400. The predicted octanol–water partition coefficient (Wildman–Crippen LogP) is 1.45. The van der Waals surface area contributed by atoms with Crippen molar-refractivity contribution in [2.45, 2.75) is 25.8 Å². The Morgan fingerprint density at radius 1 is 1.50 bits per heavy atom. The maximum Gasteiger partial charge on any atom is 0.0466 e. The van der Waals surface area contributed by atoms with Gasteiger partial charge in [0.25, 0.3) is 0 Å². The number of hydrogen-bond donors (Lipinski definition) is 2. The highest BCUT2D eigenvalue weighted by Crippen LogP contribution is 2.30. The summed E-state index contributed by atoms with van der Waals surface area (Å²) in [5, 5.41) is 0. The second-order valence-electron chi connectivity index (χ2n) is 3.46. The van der Waals surface area contributed by atoms with Gasteiger partial charge in [-0.3, -0.25) is 11.3 Å². The summed E-state index contributed by atoms with van der Waals surface area (Å²) in [4.78, 5) is 0. The van der Waals surface area contributed by atoms with Gasteiger partial charge in [0.15, 0.2) is 0 Å². The van der Waals surface area contributed by atoms with E-state index in [0.717, 1.165) is 12.8 Å². The summed E-state index contributed by atoms with van der Waals surface area (Å²) < 4.78 is 0. The number of fused-ring (bicyclic) bond motifs is 1. The topological polar surface area (TPSA) is 38.0 Å². The van der Waals surface area contributed by atoms with Crippen molar-refractivity contribution in [3.05, 3.63) is 34.9 Å². The third kappa shape index (κ3) is 1.13. The molecule has 0 aliphatic heterocycles. The zero-order chi connectivity index (χ0) is 8.55. The molecule has 0 bridgehead atoms. The molecule has 0 radical (unpaired) electrons. The Balaban J connectivity index is 2.42. The lowest BCUT2D eigenvalue weighted by atomic mass is 10.1. The normalized spacial score (nSPS) is 21.0. The quantitative estimate of drug-likeness (QED) is 0.484. The van der Waals surface area contributed by atoms with Crippen molar-refractivity contribution in [3.63, 3.8) is 0 Å². The summed E-state index contributed by atoms with van der Waals surface area (Å²) in [7, 11) is 0. The number of hydrogen-bond acceptors (Lipinski definition) is 2. The average Bonchev–Trinajstić information content (AvgIpc) is 2.46. The minimum atomic E-state index is 0.375. The van der Waals surface area contributed by atoms with Gasteiger partial charge in [-0.1, -0.05) is 23.8 Å². The molecule has 64 valence electrons. The molecule has 2 nitrogen and oxygen atoms in total. The van der Waals surface area contributed by atoms with Crippen molar-refractivity contribution in [2.75, 3.05) is 0 Å². The highest BCUT2D eigenvalue weighted by Gasteiger charge is 2.20. The van der Waals surface area contributed by atoms with E-state index in [2.05, 4.69) is 30.5 Å². The van der Waals surface area contributed by atoms with Gasteiger partial charge in [0, 0.05) is 6.04 Å². The van der Waals surface area contributed by atoms with Crippen LogP contribution in [0.2, 0.25) is 0 Å². The van der Waals surface area contributed by atoms with E-state index < -0.39 is 0 Å². The van der Waals surface area contributed by atoms with Gasteiger partial charge in [0.1, 0.15) is 0 Å². The van der Waals surface area contributed by atoms with Gasteiger partial charge < -0.3 is 0 Å². The Bertz CT molecular complexity index is 294. The van der Waals surface area contributed by atoms with Crippen LogP contribution in [0.15, 0.2) is 18.2 Å². The van der Waals surface area contributed by atoms with Crippen molar-refractivity contribution in [1.29, 1.82) is 0 Å². The van der Waals surface area contributed by atoms with Gasteiger partial charge in [-0.2, -0.15) is 0 Å². The Kier molecular flexibility index (Phi) is 1.87. The van der Waals surface area contributed by atoms with Crippen LogP contribution in [0.25, 0.3) is 0 Å². The number of hydrazine groups is 1. The Labute approximate surface area is 72.7 Å². The molecule has 0 fully saturated rings. The second-order valence-corrected chi connectivity index (χ2v) is 3.46. The van der Waals surface area contributed by atoms with E-state index in [0.29, 0.717) is 6.04 Å². The first kappa shape index (κ1) is 7.77. The lowest BCUT2D eigenvalue weighted by Crippen LogP contribution is -2.26. The van der Waals surface area contributed by atoms with Crippen LogP contribution >= 0.6 is 0 Å². The molecule has 3 N–H and O–H groups in total. The van der Waals surface area contributed by atoms with Crippen LogP contribution in [0.3, 0.4) is 0 Å². The lowest BCUT2D eigenvalue weighted by Gasteiger charge is -2.09. The standard InChI is InChI=1S/C10H14N2/c1-7-2-3-8-4-5-10(12-11)9(8)6-7/h2-3,6,10,12H,4-5,11H2,1H3. The van der Waals surface area contributed by atoms with Crippen molar-refractivity contribution >= 4 is 0 Å². The van der Waals surface area contributed by atoms with E-state index in [1.807, 2.05) is 0 Å². The van der Waals surface area contributed by atoms with Crippen LogP contribution in [0.4, 0.5) is 0 Å². The van der Waals surface area contributed by atoms with Crippen LogP contribution in [-0.4, -0.2) is 0 Å². The molecular weight excluding hydrogens is 148 g/mol. The summed E-state index contributed by atoms with van der Waals surface area (Å²) in [6.45, 7) is 2.12. The fourth-order valence-corrected chi connectivity index (χ4v) is 1.89.